The Bertz CT molecular complexity index is 275. The Kier molecular flexibility index (Phi) is 3.92. The van der Waals surface area contributed by atoms with Gasteiger partial charge in [0.05, 0.1) is 5.75 Å². The minimum atomic E-state index is -2.99. The highest BCUT2D eigenvalue weighted by molar-refractivity contribution is 7.89. The van der Waals surface area contributed by atoms with Gasteiger partial charge in [0, 0.05) is 19.1 Å². The van der Waals surface area contributed by atoms with Gasteiger partial charge in [-0.15, -0.1) is 0 Å². The molecule has 0 amide bonds. The van der Waals surface area contributed by atoms with E-state index < -0.39 is 10.0 Å². The van der Waals surface area contributed by atoms with E-state index in [1.807, 2.05) is 19.0 Å². The molecule has 1 fully saturated rings. The fourth-order valence-corrected chi connectivity index (χ4v) is 3.31. The lowest BCUT2D eigenvalue weighted by molar-refractivity contribution is 0.291. The highest BCUT2D eigenvalue weighted by atomic mass is 32.2. The molecule has 1 aliphatic rings. The number of sulfonamides is 1. The van der Waals surface area contributed by atoms with Crippen LogP contribution in [0, 0.1) is 0 Å². The van der Waals surface area contributed by atoms with Gasteiger partial charge < -0.3 is 4.90 Å². The first kappa shape index (κ1) is 11.9. The molecular weight excluding hydrogens is 200 g/mol. The van der Waals surface area contributed by atoms with Gasteiger partial charge >= 0.3 is 0 Å². The van der Waals surface area contributed by atoms with Crippen LogP contribution in [0.1, 0.15) is 19.8 Å². The maximum absolute atomic E-state index is 11.7. The summed E-state index contributed by atoms with van der Waals surface area (Å²) in [4.78, 5) is 2.05. The average Bonchev–Trinajstić information content (AvgIpc) is 2.52. The SMILES string of the molecule is CCS(=O)(=O)N1CCCC1CN(C)C. The Morgan fingerprint density at radius 1 is 1.43 bits per heavy atom. The number of nitrogens with zero attached hydrogens (tertiary/aromatic N) is 2. The van der Waals surface area contributed by atoms with Crippen molar-refractivity contribution in [1.29, 1.82) is 0 Å². The van der Waals surface area contributed by atoms with Crippen LogP contribution in [0.15, 0.2) is 0 Å². The summed E-state index contributed by atoms with van der Waals surface area (Å²) in [5.74, 6) is 0.219. The molecule has 1 unspecified atom stereocenters. The third kappa shape index (κ3) is 2.68. The molecule has 1 saturated heterocycles. The zero-order valence-corrected chi connectivity index (χ0v) is 10.0. The van der Waals surface area contributed by atoms with Crippen molar-refractivity contribution in [2.45, 2.75) is 25.8 Å². The number of likely N-dealkylation sites (N-methyl/N-ethyl adjacent to an activating group) is 1. The Morgan fingerprint density at radius 2 is 2.07 bits per heavy atom. The molecule has 4 nitrogen and oxygen atoms in total. The molecule has 0 radical (unpaired) electrons. The summed E-state index contributed by atoms with van der Waals surface area (Å²) in [5.41, 5.74) is 0. The fourth-order valence-electron chi connectivity index (χ4n) is 1.95. The van der Waals surface area contributed by atoms with Crippen LogP contribution in [0.4, 0.5) is 0 Å². The van der Waals surface area contributed by atoms with E-state index >= 15 is 0 Å². The molecule has 1 heterocycles. The fraction of sp³-hybridized carbons (Fsp3) is 1.00. The lowest BCUT2D eigenvalue weighted by Gasteiger charge is -2.25. The van der Waals surface area contributed by atoms with Gasteiger partial charge in [0.15, 0.2) is 0 Å². The highest BCUT2D eigenvalue weighted by Crippen LogP contribution is 2.21. The molecule has 0 spiro atoms. The molecule has 84 valence electrons. The summed E-state index contributed by atoms with van der Waals surface area (Å²) in [6.45, 7) is 3.24. The normalized spacial score (nSPS) is 24.7. The van der Waals surface area contributed by atoms with E-state index in [-0.39, 0.29) is 11.8 Å². The highest BCUT2D eigenvalue weighted by Gasteiger charge is 2.32. The van der Waals surface area contributed by atoms with Gasteiger partial charge in [-0.1, -0.05) is 0 Å². The van der Waals surface area contributed by atoms with Gasteiger partial charge in [-0.3, -0.25) is 0 Å². The lowest BCUT2D eigenvalue weighted by atomic mass is 10.2. The number of hydrogen-bond donors (Lipinski definition) is 0. The molecule has 0 saturated carbocycles. The van der Waals surface area contributed by atoms with Crippen LogP contribution in [-0.4, -0.2) is 56.6 Å². The van der Waals surface area contributed by atoms with Crippen molar-refractivity contribution in [3.05, 3.63) is 0 Å². The predicted molar refractivity (Wildman–Crippen MR) is 57.7 cm³/mol. The van der Waals surface area contributed by atoms with Gasteiger partial charge in [-0.25, -0.2) is 8.42 Å². The lowest BCUT2D eigenvalue weighted by Crippen LogP contribution is -2.41. The number of hydrogen-bond acceptors (Lipinski definition) is 3. The van der Waals surface area contributed by atoms with Gasteiger partial charge in [-0.05, 0) is 33.9 Å². The first-order chi connectivity index (χ1) is 6.47. The minimum Gasteiger partial charge on any atom is -0.308 e. The molecule has 14 heavy (non-hydrogen) atoms. The first-order valence-electron chi connectivity index (χ1n) is 5.11. The zero-order chi connectivity index (χ0) is 10.8. The molecule has 0 aromatic rings. The summed E-state index contributed by atoms with van der Waals surface area (Å²) in [7, 11) is 0.976. The second-order valence-electron chi connectivity index (χ2n) is 4.07. The van der Waals surface area contributed by atoms with E-state index in [0.29, 0.717) is 6.54 Å². The Morgan fingerprint density at radius 3 is 2.57 bits per heavy atom. The second kappa shape index (κ2) is 4.59. The monoisotopic (exact) mass is 220 g/mol. The Balaban J connectivity index is 2.69. The van der Waals surface area contributed by atoms with E-state index in [9.17, 15) is 8.42 Å². The first-order valence-corrected chi connectivity index (χ1v) is 6.72. The van der Waals surface area contributed by atoms with E-state index in [2.05, 4.69) is 0 Å². The molecule has 5 heteroatoms. The van der Waals surface area contributed by atoms with E-state index in [1.54, 1.807) is 11.2 Å². The summed E-state index contributed by atoms with van der Waals surface area (Å²) in [6.07, 6.45) is 2.00. The predicted octanol–water partition coefficient (Wildman–Crippen LogP) is 0.362. The minimum absolute atomic E-state index is 0.190. The largest absolute Gasteiger partial charge is 0.308 e. The molecular formula is C9H20N2O2S. The van der Waals surface area contributed by atoms with Crippen molar-refractivity contribution in [2.75, 3.05) is 32.9 Å². The van der Waals surface area contributed by atoms with Crippen LogP contribution in [0.3, 0.4) is 0 Å². The van der Waals surface area contributed by atoms with Crippen LogP contribution in [0.2, 0.25) is 0 Å². The molecule has 1 atom stereocenters. The van der Waals surface area contributed by atoms with Crippen molar-refractivity contribution in [3.8, 4) is 0 Å². The smallest absolute Gasteiger partial charge is 0.214 e. The molecule has 0 N–H and O–H groups in total. The average molecular weight is 220 g/mol. The summed E-state index contributed by atoms with van der Waals surface area (Å²) in [6, 6.07) is 0.190. The number of rotatable bonds is 4. The van der Waals surface area contributed by atoms with Gasteiger partial charge in [0.25, 0.3) is 0 Å². The summed E-state index contributed by atoms with van der Waals surface area (Å²) in [5, 5.41) is 0. The van der Waals surface area contributed by atoms with Gasteiger partial charge in [-0.2, -0.15) is 4.31 Å². The standard InChI is InChI=1S/C9H20N2O2S/c1-4-14(12,13)11-7-5-6-9(11)8-10(2)3/h9H,4-8H2,1-3H3. The molecule has 0 aromatic carbocycles. The molecule has 1 aliphatic heterocycles. The Hall–Kier alpha value is -0.130. The van der Waals surface area contributed by atoms with Crippen molar-refractivity contribution in [2.24, 2.45) is 0 Å². The molecule has 0 aromatic heterocycles. The second-order valence-corrected chi connectivity index (χ2v) is 6.28. The maximum Gasteiger partial charge on any atom is 0.214 e. The topological polar surface area (TPSA) is 40.6 Å². The van der Waals surface area contributed by atoms with Gasteiger partial charge in [0.1, 0.15) is 0 Å². The van der Waals surface area contributed by atoms with Crippen molar-refractivity contribution < 1.29 is 8.42 Å². The molecule has 1 rings (SSSR count). The quantitative estimate of drug-likeness (QED) is 0.687. The van der Waals surface area contributed by atoms with Crippen LogP contribution >= 0.6 is 0 Å². The van der Waals surface area contributed by atoms with E-state index in [1.165, 1.54) is 0 Å². The Labute approximate surface area is 86.9 Å². The van der Waals surface area contributed by atoms with Gasteiger partial charge in [0.2, 0.25) is 10.0 Å². The van der Waals surface area contributed by atoms with Crippen LogP contribution in [-0.2, 0) is 10.0 Å². The summed E-state index contributed by atoms with van der Waals surface area (Å²) >= 11 is 0. The van der Waals surface area contributed by atoms with Crippen LogP contribution in [0.25, 0.3) is 0 Å². The third-order valence-corrected chi connectivity index (χ3v) is 4.55. The van der Waals surface area contributed by atoms with E-state index in [0.717, 1.165) is 19.4 Å². The van der Waals surface area contributed by atoms with E-state index in [4.69, 9.17) is 0 Å². The maximum atomic E-state index is 11.7. The summed E-state index contributed by atoms with van der Waals surface area (Å²) < 4.78 is 25.1. The van der Waals surface area contributed by atoms with Crippen LogP contribution < -0.4 is 0 Å². The zero-order valence-electron chi connectivity index (χ0n) is 9.23. The molecule has 0 aliphatic carbocycles. The molecule has 0 bridgehead atoms. The van der Waals surface area contributed by atoms with Crippen molar-refractivity contribution in [3.63, 3.8) is 0 Å². The van der Waals surface area contributed by atoms with Crippen LogP contribution in [0.5, 0.6) is 0 Å². The van der Waals surface area contributed by atoms with Crippen molar-refractivity contribution >= 4 is 10.0 Å². The third-order valence-electron chi connectivity index (χ3n) is 2.62. The van der Waals surface area contributed by atoms with Crippen molar-refractivity contribution in [1.82, 2.24) is 9.21 Å².